The lowest BCUT2D eigenvalue weighted by molar-refractivity contribution is 0.654. The lowest BCUT2D eigenvalue weighted by Gasteiger charge is -2.26. The minimum absolute atomic E-state index is 0.623. The molecule has 0 fully saturated rings. The Labute approximate surface area is 114 Å². The Hall–Kier alpha value is -0.780. The largest absolute Gasteiger partial charge is 0.0654 e. The second-order valence-corrected chi connectivity index (χ2v) is 6.17. The van der Waals surface area contributed by atoms with Gasteiger partial charge in [0, 0.05) is 0 Å². The van der Waals surface area contributed by atoms with E-state index in [0.717, 1.165) is 0 Å². The van der Waals surface area contributed by atoms with Gasteiger partial charge in [0.2, 0.25) is 0 Å². The molecule has 0 amide bonds. The average Bonchev–Trinajstić information content (AvgIpc) is 2.27. The Morgan fingerprint density at radius 3 is 1.44 bits per heavy atom. The molecule has 0 aliphatic rings. The third-order valence-corrected chi connectivity index (χ3v) is 4.53. The van der Waals surface area contributed by atoms with Crippen molar-refractivity contribution in [1.29, 1.82) is 0 Å². The summed E-state index contributed by atoms with van der Waals surface area (Å²) in [5, 5.41) is 0. The number of benzene rings is 1. The fourth-order valence-corrected chi connectivity index (χ4v) is 3.55. The smallest absolute Gasteiger partial charge is 0.0185 e. The molecule has 1 aromatic rings. The Morgan fingerprint density at radius 1 is 0.722 bits per heavy atom. The predicted molar refractivity (Wildman–Crippen MR) is 82.8 cm³/mol. The molecular weight excluding hydrogens is 216 g/mol. The average molecular weight is 246 g/mol. The summed E-state index contributed by atoms with van der Waals surface area (Å²) in [4.78, 5) is 0. The van der Waals surface area contributed by atoms with Crippen molar-refractivity contribution in [2.75, 3.05) is 0 Å². The molecule has 0 saturated heterocycles. The van der Waals surface area contributed by atoms with Gasteiger partial charge >= 0.3 is 0 Å². The van der Waals surface area contributed by atoms with Crippen LogP contribution in [-0.4, -0.2) is 0 Å². The van der Waals surface area contributed by atoms with Crippen LogP contribution >= 0.6 is 0 Å². The maximum atomic E-state index is 2.38. The second kappa shape index (κ2) is 5.91. The van der Waals surface area contributed by atoms with E-state index < -0.39 is 0 Å². The van der Waals surface area contributed by atoms with Gasteiger partial charge in [-0.05, 0) is 79.3 Å². The maximum absolute atomic E-state index is 2.38. The van der Waals surface area contributed by atoms with Crippen molar-refractivity contribution in [3.8, 4) is 0 Å². The van der Waals surface area contributed by atoms with Crippen LogP contribution in [0, 0.1) is 27.7 Å². The van der Waals surface area contributed by atoms with Crippen LogP contribution in [0.1, 0.15) is 85.8 Å². The van der Waals surface area contributed by atoms with Gasteiger partial charge in [-0.3, -0.25) is 0 Å². The molecule has 102 valence electrons. The zero-order valence-corrected chi connectivity index (χ0v) is 13.6. The summed E-state index contributed by atoms with van der Waals surface area (Å²) in [6.45, 7) is 18.5. The summed E-state index contributed by atoms with van der Waals surface area (Å²) in [7, 11) is 0. The minimum atomic E-state index is 0.623. The first-order valence-corrected chi connectivity index (χ1v) is 7.42. The molecule has 0 N–H and O–H groups in total. The van der Waals surface area contributed by atoms with Gasteiger partial charge in [-0.2, -0.15) is 0 Å². The third kappa shape index (κ3) is 2.63. The summed E-state index contributed by atoms with van der Waals surface area (Å²) in [6, 6.07) is 0. The zero-order chi connectivity index (χ0) is 14.0. The van der Waals surface area contributed by atoms with Crippen molar-refractivity contribution < 1.29 is 0 Å². The highest BCUT2D eigenvalue weighted by molar-refractivity contribution is 5.52. The third-order valence-electron chi connectivity index (χ3n) is 4.53. The first-order chi connectivity index (χ1) is 8.32. The Morgan fingerprint density at radius 2 is 1.11 bits per heavy atom. The van der Waals surface area contributed by atoms with Crippen LogP contribution in [0.5, 0.6) is 0 Å². The molecule has 0 aliphatic carbocycles. The van der Waals surface area contributed by atoms with Gasteiger partial charge < -0.3 is 0 Å². The van der Waals surface area contributed by atoms with Gasteiger partial charge in [0.15, 0.2) is 0 Å². The van der Waals surface area contributed by atoms with E-state index in [4.69, 9.17) is 0 Å². The van der Waals surface area contributed by atoms with Gasteiger partial charge in [-0.15, -0.1) is 0 Å². The lowest BCUT2D eigenvalue weighted by Crippen LogP contribution is -2.09. The normalized spacial score (nSPS) is 13.2. The number of rotatable bonds is 4. The molecule has 0 nitrogen and oxygen atoms in total. The second-order valence-electron chi connectivity index (χ2n) is 6.17. The van der Waals surface area contributed by atoms with Gasteiger partial charge in [0.05, 0.1) is 0 Å². The highest BCUT2D eigenvalue weighted by Gasteiger charge is 2.19. The molecule has 0 aromatic heterocycles. The van der Waals surface area contributed by atoms with E-state index in [9.17, 15) is 0 Å². The molecular formula is C18H30. The van der Waals surface area contributed by atoms with E-state index in [1.165, 1.54) is 35.1 Å². The molecule has 1 atom stereocenters. The standard InChI is InChI=1S/C18H30/c1-9-10-12(4)18-15(7)13(5)17(11(2)3)14(6)16(18)8/h11-12H,9-10H2,1-8H3. The summed E-state index contributed by atoms with van der Waals surface area (Å²) in [5.74, 6) is 1.31. The molecule has 1 aromatic carbocycles. The van der Waals surface area contributed by atoms with Crippen LogP contribution in [0.15, 0.2) is 0 Å². The summed E-state index contributed by atoms with van der Waals surface area (Å²) < 4.78 is 0. The van der Waals surface area contributed by atoms with Crippen LogP contribution in [0.25, 0.3) is 0 Å². The quantitative estimate of drug-likeness (QED) is 0.616. The van der Waals surface area contributed by atoms with Crippen molar-refractivity contribution in [3.05, 3.63) is 33.4 Å². The maximum Gasteiger partial charge on any atom is -0.0185 e. The van der Waals surface area contributed by atoms with Gasteiger partial charge in [0.25, 0.3) is 0 Å². The van der Waals surface area contributed by atoms with Gasteiger partial charge in [-0.1, -0.05) is 34.1 Å². The van der Waals surface area contributed by atoms with Crippen LogP contribution < -0.4 is 0 Å². The summed E-state index contributed by atoms with van der Waals surface area (Å²) in [5.41, 5.74) is 9.27. The van der Waals surface area contributed by atoms with Gasteiger partial charge in [0.1, 0.15) is 0 Å². The molecule has 0 bridgehead atoms. The van der Waals surface area contributed by atoms with E-state index in [1.54, 1.807) is 11.1 Å². The van der Waals surface area contributed by atoms with Crippen molar-refractivity contribution in [1.82, 2.24) is 0 Å². The molecule has 0 heteroatoms. The summed E-state index contributed by atoms with van der Waals surface area (Å²) in [6.07, 6.45) is 2.56. The van der Waals surface area contributed by atoms with Gasteiger partial charge in [-0.25, -0.2) is 0 Å². The molecule has 18 heavy (non-hydrogen) atoms. The molecule has 1 unspecified atom stereocenters. The van der Waals surface area contributed by atoms with Crippen LogP contribution in [0.3, 0.4) is 0 Å². The van der Waals surface area contributed by atoms with E-state index in [0.29, 0.717) is 11.8 Å². The minimum Gasteiger partial charge on any atom is -0.0654 e. The fourth-order valence-electron chi connectivity index (χ4n) is 3.55. The molecule has 1 rings (SSSR count). The topological polar surface area (TPSA) is 0 Å². The fraction of sp³-hybridized carbons (Fsp3) is 0.667. The van der Waals surface area contributed by atoms with Crippen LogP contribution in [-0.2, 0) is 0 Å². The van der Waals surface area contributed by atoms with E-state index >= 15 is 0 Å². The lowest BCUT2D eigenvalue weighted by atomic mass is 9.80. The highest BCUT2D eigenvalue weighted by Crippen LogP contribution is 2.36. The number of hydrogen-bond donors (Lipinski definition) is 0. The van der Waals surface area contributed by atoms with E-state index in [2.05, 4.69) is 55.4 Å². The first-order valence-electron chi connectivity index (χ1n) is 7.42. The van der Waals surface area contributed by atoms with Crippen LogP contribution in [0.4, 0.5) is 0 Å². The molecule has 0 radical (unpaired) electrons. The number of hydrogen-bond acceptors (Lipinski definition) is 0. The first kappa shape index (κ1) is 15.3. The summed E-state index contributed by atoms with van der Waals surface area (Å²) >= 11 is 0. The highest BCUT2D eigenvalue weighted by atomic mass is 14.2. The molecule has 0 spiro atoms. The Bertz CT molecular complexity index is 395. The molecule has 0 saturated carbocycles. The van der Waals surface area contributed by atoms with E-state index in [1.807, 2.05) is 0 Å². The van der Waals surface area contributed by atoms with E-state index in [-0.39, 0.29) is 0 Å². The Kier molecular flexibility index (Phi) is 5.01. The zero-order valence-electron chi connectivity index (χ0n) is 13.6. The van der Waals surface area contributed by atoms with Crippen molar-refractivity contribution in [3.63, 3.8) is 0 Å². The predicted octanol–water partition coefficient (Wildman–Crippen LogP) is 5.95. The molecule has 0 aliphatic heterocycles. The Balaban J connectivity index is 3.48. The monoisotopic (exact) mass is 246 g/mol. The van der Waals surface area contributed by atoms with Crippen molar-refractivity contribution >= 4 is 0 Å². The van der Waals surface area contributed by atoms with Crippen LogP contribution in [0.2, 0.25) is 0 Å². The SMILES string of the molecule is CCCC(C)c1c(C)c(C)c(C(C)C)c(C)c1C. The molecule has 0 heterocycles. The van der Waals surface area contributed by atoms with Crippen molar-refractivity contribution in [2.24, 2.45) is 0 Å². The van der Waals surface area contributed by atoms with Crippen molar-refractivity contribution in [2.45, 2.75) is 80.1 Å².